The number of rotatable bonds is 3. The topological polar surface area (TPSA) is 24.5 Å². The first-order chi connectivity index (χ1) is 9.40. The lowest BCUT2D eigenvalue weighted by atomic mass is 9.83. The Balaban J connectivity index is 2.14. The summed E-state index contributed by atoms with van der Waals surface area (Å²) in [7, 11) is 1.73. The molecule has 1 aliphatic rings. The van der Waals surface area contributed by atoms with E-state index in [9.17, 15) is 0 Å². The van der Waals surface area contributed by atoms with Gasteiger partial charge in [-0.3, -0.25) is 4.90 Å². The first kappa shape index (κ1) is 15.3. The summed E-state index contributed by atoms with van der Waals surface area (Å²) in [5.41, 5.74) is 1.61. The monoisotopic (exact) mass is 276 g/mol. The van der Waals surface area contributed by atoms with E-state index in [1.165, 1.54) is 5.56 Å². The summed E-state index contributed by atoms with van der Waals surface area (Å²) in [5, 5.41) is 3.61. The Labute approximate surface area is 123 Å². The molecule has 20 heavy (non-hydrogen) atoms. The minimum Gasteiger partial charge on any atom is -0.497 e. The van der Waals surface area contributed by atoms with Crippen molar-refractivity contribution in [3.8, 4) is 5.75 Å². The van der Waals surface area contributed by atoms with Crippen molar-refractivity contribution in [1.82, 2.24) is 10.2 Å². The second-order valence-electron chi connectivity index (χ2n) is 6.97. The summed E-state index contributed by atoms with van der Waals surface area (Å²) < 4.78 is 5.33. The molecule has 0 radical (unpaired) electrons. The molecular formula is C17H28N2O. The Morgan fingerprint density at radius 3 is 2.75 bits per heavy atom. The summed E-state index contributed by atoms with van der Waals surface area (Å²) in [6.45, 7) is 12.4. The molecule has 3 nitrogen and oxygen atoms in total. The fourth-order valence-electron chi connectivity index (χ4n) is 3.02. The molecule has 1 heterocycles. The molecule has 0 saturated carbocycles. The van der Waals surface area contributed by atoms with Crippen LogP contribution in [0.3, 0.4) is 0 Å². The molecule has 0 bridgehead atoms. The minimum atomic E-state index is 0.284. The van der Waals surface area contributed by atoms with Crippen LogP contribution in [0.15, 0.2) is 24.3 Å². The zero-order valence-electron chi connectivity index (χ0n) is 13.4. The predicted octanol–water partition coefficient (Wildman–Crippen LogP) is 2.90. The van der Waals surface area contributed by atoms with Crippen LogP contribution in [0.5, 0.6) is 5.75 Å². The first-order valence-corrected chi connectivity index (χ1v) is 7.50. The van der Waals surface area contributed by atoms with E-state index in [2.05, 4.69) is 56.1 Å². The van der Waals surface area contributed by atoms with Gasteiger partial charge in [-0.25, -0.2) is 0 Å². The third kappa shape index (κ3) is 3.74. The van der Waals surface area contributed by atoms with Crippen LogP contribution in [-0.2, 0) is 6.54 Å². The fourth-order valence-corrected chi connectivity index (χ4v) is 3.02. The molecule has 112 valence electrons. The van der Waals surface area contributed by atoms with Crippen molar-refractivity contribution in [3.63, 3.8) is 0 Å². The number of piperazine rings is 1. The van der Waals surface area contributed by atoms with Crippen LogP contribution in [0, 0.1) is 5.41 Å². The summed E-state index contributed by atoms with van der Waals surface area (Å²) >= 11 is 0. The molecule has 1 saturated heterocycles. The molecule has 1 fully saturated rings. The third-order valence-corrected chi connectivity index (χ3v) is 4.13. The van der Waals surface area contributed by atoms with Gasteiger partial charge >= 0.3 is 0 Å². The van der Waals surface area contributed by atoms with Gasteiger partial charge in [-0.15, -0.1) is 0 Å². The lowest BCUT2D eigenvalue weighted by Gasteiger charge is -2.46. The van der Waals surface area contributed by atoms with Crippen molar-refractivity contribution in [2.75, 3.05) is 20.2 Å². The molecule has 1 aliphatic heterocycles. The average molecular weight is 276 g/mol. The molecule has 0 spiro atoms. The number of nitrogens with zero attached hydrogens (tertiary/aromatic N) is 1. The normalized spacial score (nSPS) is 24.6. The van der Waals surface area contributed by atoms with Gasteiger partial charge in [0.15, 0.2) is 0 Å². The van der Waals surface area contributed by atoms with Crippen molar-refractivity contribution < 1.29 is 4.74 Å². The van der Waals surface area contributed by atoms with E-state index in [4.69, 9.17) is 4.74 Å². The SMILES string of the molecule is COc1cccc(CN2CC(C)NCC2C(C)(C)C)c1. The van der Waals surface area contributed by atoms with Crippen molar-refractivity contribution in [3.05, 3.63) is 29.8 Å². The van der Waals surface area contributed by atoms with Crippen LogP contribution < -0.4 is 10.1 Å². The second-order valence-corrected chi connectivity index (χ2v) is 6.97. The zero-order chi connectivity index (χ0) is 14.8. The van der Waals surface area contributed by atoms with E-state index in [-0.39, 0.29) is 5.41 Å². The van der Waals surface area contributed by atoms with Crippen molar-refractivity contribution in [2.24, 2.45) is 5.41 Å². The van der Waals surface area contributed by atoms with Gasteiger partial charge in [0.05, 0.1) is 7.11 Å². The Kier molecular flexibility index (Phi) is 4.71. The van der Waals surface area contributed by atoms with E-state index in [0.29, 0.717) is 12.1 Å². The third-order valence-electron chi connectivity index (χ3n) is 4.13. The summed E-state index contributed by atoms with van der Waals surface area (Å²) in [6, 6.07) is 9.53. The van der Waals surface area contributed by atoms with Crippen LogP contribution in [0.1, 0.15) is 33.3 Å². The number of benzene rings is 1. The van der Waals surface area contributed by atoms with Crippen molar-refractivity contribution in [1.29, 1.82) is 0 Å². The van der Waals surface area contributed by atoms with Crippen LogP contribution in [0.25, 0.3) is 0 Å². The van der Waals surface area contributed by atoms with Gasteiger partial charge in [-0.2, -0.15) is 0 Å². The fraction of sp³-hybridized carbons (Fsp3) is 0.647. The van der Waals surface area contributed by atoms with E-state index >= 15 is 0 Å². The van der Waals surface area contributed by atoms with Crippen molar-refractivity contribution >= 4 is 0 Å². The highest BCUT2D eigenvalue weighted by Gasteiger charge is 2.34. The number of hydrogen-bond acceptors (Lipinski definition) is 3. The summed E-state index contributed by atoms with van der Waals surface area (Å²) in [6.07, 6.45) is 0. The average Bonchev–Trinajstić information content (AvgIpc) is 2.37. The summed E-state index contributed by atoms with van der Waals surface area (Å²) in [5.74, 6) is 0.943. The Morgan fingerprint density at radius 2 is 2.10 bits per heavy atom. The molecule has 1 N–H and O–H groups in total. The summed E-state index contributed by atoms with van der Waals surface area (Å²) in [4.78, 5) is 2.61. The number of methoxy groups -OCH3 is 1. The lowest BCUT2D eigenvalue weighted by Crippen LogP contribution is -2.59. The molecule has 3 heteroatoms. The second kappa shape index (κ2) is 6.15. The highest BCUT2D eigenvalue weighted by molar-refractivity contribution is 5.28. The molecule has 0 aromatic heterocycles. The Hall–Kier alpha value is -1.06. The van der Waals surface area contributed by atoms with Crippen LogP contribution in [0.2, 0.25) is 0 Å². The molecule has 1 aromatic rings. The van der Waals surface area contributed by atoms with E-state index in [0.717, 1.165) is 25.4 Å². The number of ether oxygens (including phenoxy) is 1. The first-order valence-electron chi connectivity index (χ1n) is 7.50. The maximum atomic E-state index is 5.33. The van der Waals surface area contributed by atoms with Crippen LogP contribution in [-0.4, -0.2) is 37.2 Å². The van der Waals surface area contributed by atoms with Gasteiger partial charge in [-0.05, 0) is 30.0 Å². The molecular weight excluding hydrogens is 248 g/mol. The van der Waals surface area contributed by atoms with Gasteiger partial charge in [0.2, 0.25) is 0 Å². The molecule has 2 unspecified atom stereocenters. The molecule has 0 amide bonds. The van der Waals surface area contributed by atoms with Gasteiger partial charge in [0.25, 0.3) is 0 Å². The van der Waals surface area contributed by atoms with Gasteiger partial charge in [-0.1, -0.05) is 32.9 Å². The van der Waals surface area contributed by atoms with Gasteiger partial charge < -0.3 is 10.1 Å². The smallest absolute Gasteiger partial charge is 0.119 e. The van der Waals surface area contributed by atoms with E-state index in [1.807, 2.05) is 6.07 Å². The molecule has 0 aliphatic carbocycles. The maximum Gasteiger partial charge on any atom is 0.119 e. The largest absolute Gasteiger partial charge is 0.497 e. The highest BCUT2D eigenvalue weighted by atomic mass is 16.5. The maximum absolute atomic E-state index is 5.33. The van der Waals surface area contributed by atoms with Crippen molar-refractivity contribution in [2.45, 2.75) is 46.3 Å². The predicted molar refractivity (Wildman–Crippen MR) is 84.1 cm³/mol. The van der Waals surface area contributed by atoms with E-state index in [1.54, 1.807) is 7.11 Å². The molecule has 2 rings (SSSR count). The zero-order valence-corrected chi connectivity index (χ0v) is 13.4. The van der Waals surface area contributed by atoms with Crippen LogP contribution >= 0.6 is 0 Å². The van der Waals surface area contributed by atoms with Gasteiger partial charge in [0, 0.05) is 31.7 Å². The number of nitrogens with one attached hydrogen (secondary N) is 1. The standard InChI is InChI=1S/C17H28N2O/c1-13-11-19(16(10-18-13)17(2,3)4)12-14-7-6-8-15(9-14)20-5/h6-9,13,16,18H,10-12H2,1-5H3. The number of hydrogen-bond donors (Lipinski definition) is 1. The molecule has 2 atom stereocenters. The van der Waals surface area contributed by atoms with Gasteiger partial charge in [0.1, 0.15) is 5.75 Å². The quantitative estimate of drug-likeness (QED) is 0.918. The van der Waals surface area contributed by atoms with Crippen LogP contribution in [0.4, 0.5) is 0 Å². The highest BCUT2D eigenvalue weighted by Crippen LogP contribution is 2.28. The molecule has 1 aromatic carbocycles. The minimum absolute atomic E-state index is 0.284. The Morgan fingerprint density at radius 1 is 1.35 bits per heavy atom. The lowest BCUT2D eigenvalue weighted by molar-refractivity contribution is 0.0526. The van der Waals surface area contributed by atoms with E-state index < -0.39 is 0 Å². The Bertz CT molecular complexity index is 439.